The number of hydrogen-bond acceptors (Lipinski definition) is 7. The number of carboxylic acids is 1. The molecular formula is C30H35ClN2O6S. The second kappa shape index (κ2) is 12.4. The first kappa shape index (κ1) is 28.8. The number of benzene rings is 2. The molecule has 1 saturated carbocycles. The molecule has 214 valence electrons. The van der Waals surface area contributed by atoms with Crippen LogP contribution < -0.4 is 9.47 Å². The molecule has 2 aromatic rings. The number of ether oxygens (including phenoxy) is 2. The highest BCUT2D eigenvalue weighted by molar-refractivity contribution is 8.14. The van der Waals surface area contributed by atoms with E-state index in [1.54, 1.807) is 7.11 Å². The van der Waals surface area contributed by atoms with Crippen molar-refractivity contribution in [3.05, 3.63) is 58.1 Å². The fourth-order valence-electron chi connectivity index (χ4n) is 6.28. The van der Waals surface area contributed by atoms with Crippen LogP contribution in [-0.2, 0) is 22.6 Å². The molecule has 1 unspecified atom stereocenters. The van der Waals surface area contributed by atoms with Crippen molar-refractivity contribution in [2.75, 3.05) is 32.6 Å². The van der Waals surface area contributed by atoms with Crippen molar-refractivity contribution >= 4 is 40.5 Å². The van der Waals surface area contributed by atoms with Crippen LogP contribution in [0.15, 0.2) is 36.4 Å². The number of aryl methyl sites for hydroxylation is 1. The number of halogens is 1. The summed E-state index contributed by atoms with van der Waals surface area (Å²) in [5.41, 5.74) is 2.68. The van der Waals surface area contributed by atoms with Gasteiger partial charge in [-0.2, -0.15) is 0 Å². The minimum absolute atomic E-state index is 0.0979. The number of carboxylic acid groups (broad SMARTS) is 1. The van der Waals surface area contributed by atoms with Crippen LogP contribution in [-0.4, -0.2) is 64.6 Å². The van der Waals surface area contributed by atoms with Crippen molar-refractivity contribution in [2.24, 2.45) is 5.41 Å². The Balaban J connectivity index is 1.36. The lowest BCUT2D eigenvalue weighted by molar-refractivity contribution is -0.153. The van der Waals surface area contributed by atoms with E-state index >= 15 is 0 Å². The van der Waals surface area contributed by atoms with Crippen molar-refractivity contribution in [3.63, 3.8) is 0 Å². The molecule has 1 heterocycles. The number of hydrogen-bond donors (Lipinski definition) is 1. The minimum Gasteiger partial charge on any atom is -0.493 e. The first-order valence-electron chi connectivity index (χ1n) is 13.8. The molecule has 1 atom stereocenters. The zero-order chi connectivity index (χ0) is 28.3. The van der Waals surface area contributed by atoms with Crippen molar-refractivity contribution in [3.8, 4) is 11.5 Å². The maximum atomic E-state index is 12.6. The van der Waals surface area contributed by atoms with Crippen molar-refractivity contribution < 1.29 is 29.0 Å². The second-order valence-electron chi connectivity index (χ2n) is 10.9. The van der Waals surface area contributed by atoms with E-state index in [-0.39, 0.29) is 36.1 Å². The van der Waals surface area contributed by atoms with E-state index in [1.165, 1.54) is 16.0 Å². The molecule has 0 aromatic heterocycles. The maximum absolute atomic E-state index is 12.6. The molecule has 0 bridgehead atoms. The van der Waals surface area contributed by atoms with Gasteiger partial charge >= 0.3 is 5.97 Å². The van der Waals surface area contributed by atoms with Crippen LogP contribution in [0, 0.1) is 5.41 Å². The van der Waals surface area contributed by atoms with Crippen LogP contribution in [0.3, 0.4) is 0 Å². The van der Waals surface area contributed by atoms with Crippen molar-refractivity contribution in [2.45, 2.75) is 57.5 Å². The van der Waals surface area contributed by atoms with Crippen LogP contribution in [0.4, 0.5) is 4.79 Å². The molecule has 1 aliphatic heterocycles. The molecule has 1 N–H and O–H groups in total. The Morgan fingerprint density at radius 1 is 1.15 bits per heavy atom. The summed E-state index contributed by atoms with van der Waals surface area (Å²) in [6.45, 7) is 1.39. The van der Waals surface area contributed by atoms with Crippen LogP contribution in [0.1, 0.15) is 61.3 Å². The van der Waals surface area contributed by atoms with Gasteiger partial charge in [0.2, 0.25) is 5.91 Å². The third kappa shape index (κ3) is 6.11. The van der Waals surface area contributed by atoms with E-state index < -0.39 is 11.4 Å². The predicted molar refractivity (Wildman–Crippen MR) is 154 cm³/mol. The number of rotatable bonds is 11. The van der Waals surface area contributed by atoms with E-state index in [4.69, 9.17) is 21.1 Å². The standard InChI is InChI=1S/C30H35ClN2O6S/c1-38-26-15-20(5-10-25(26)39-14-13-33-27(34)18-40-29(33)37)17-32(19-30(28(35)36)11-3-2-4-12-30)24-9-6-21-16-22(31)7-8-23(21)24/h5,7-8,10,15-16,24H,2-4,6,9,11-14,17-19H2,1H3,(H,35,36). The van der Waals surface area contributed by atoms with Crippen LogP contribution >= 0.6 is 23.4 Å². The number of thioether (sulfide) groups is 1. The number of imide groups is 1. The summed E-state index contributed by atoms with van der Waals surface area (Å²) in [4.78, 5) is 39.9. The van der Waals surface area contributed by atoms with Gasteiger partial charge in [0.25, 0.3) is 5.24 Å². The van der Waals surface area contributed by atoms with Gasteiger partial charge in [0, 0.05) is 24.2 Å². The summed E-state index contributed by atoms with van der Waals surface area (Å²) in [5.74, 6) is 0.347. The fraction of sp³-hybridized carbons (Fsp3) is 0.500. The molecule has 8 nitrogen and oxygen atoms in total. The van der Waals surface area contributed by atoms with Gasteiger partial charge in [-0.05, 0) is 66.6 Å². The molecular weight excluding hydrogens is 552 g/mol. The largest absolute Gasteiger partial charge is 0.493 e. The lowest BCUT2D eigenvalue weighted by Gasteiger charge is -2.40. The number of fused-ring (bicyclic) bond motifs is 1. The molecule has 40 heavy (non-hydrogen) atoms. The Kier molecular flexibility index (Phi) is 8.92. The summed E-state index contributed by atoms with van der Waals surface area (Å²) < 4.78 is 11.5. The van der Waals surface area contributed by atoms with E-state index in [1.807, 2.05) is 30.3 Å². The SMILES string of the molecule is COc1cc(CN(CC2(C(=O)O)CCCCC2)C2CCc3cc(Cl)ccc32)ccc1OCCN1C(=O)CSC1=O. The van der Waals surface area contributed by atoms with Gasteiger partial charge < -0.3 is 14.6 Å². The molecule has 0 spiro atoms. The van der Waals surface area contributed by atoms with Crippen LogP contribution in [0.2, 0.25) is 5.02 Å². The van der Waals surface area contributed by atoms with Crippen LogP contribution in [0.5, 0.6) is 11.5 Å². The van der Waals surface area contributed by atoms with Crippen molar-refractivity contribution in [1.82, 2.24) is 9.80 Å². The average Bonchev–Trinajstić information content (AvgIpc) is 3.51. The number of nitrogens with zero attached hydrogens (tertiary/aromatic N) is 2. The second-order valence-corrected chi connectivity index (χ2v) is 12.2. The number of aliphatic carboxylic acids is 1. The number of carbonyl (C=O) groups is 3. The number of amides is 2. The Labute approximate surface area is 243 Å². The molecule has 0 radical (unpaired) electrons. The van der Waals surface area contributed by atoms with E-state index in [0.717, 1.165) is 54.5 Å². The minimum atomic E-state index is -0.761. The van der Waals surface area contributed by atoms with E-state index in [0.29, 0.717) is 37.4 Å². The quantitative estimate of drug-likeness (QED) is 0.345. The van der Waals surface area contributed by atoms with E-state index in [9.17, 15) is 19.5 Å². The van der Waals surface area contributed by atoms with Gasteiger partial charge in [-0.25, -0.2) is 0 Å². The topological polar surface area (TPSA) is 96.4 Å². The third-order valence-electron chi connectivity index (χ3n) is 8.39. The highest BCUT2D eigenvalue weighted by Crippen LogP contribution is 2.43. The summed E-state index contributed by atoms with van der Waals surface area (Å²) in [6, 6.07) is 11.9. The normalized spacial score (nSPS) is 20.2. The molecule has 5 rings (SSSR count). The average molecular weight is 587 g/mol. The van der Waals surface area contributed by atoms with Gasteiger partial charge in [0.1, 0.15) is 6.61 Å². The molecule has 2 aromatic carbocycles. The van der Waals surface area contributed by atoms with Gasteiger partial charge in [-0.15, -0.1) is 0 Å². The zero-order valence-corrected chi connectivity index (χ0v) is 24.3. The molecule has 10 heteroatoms. The Morgan fingerprint density at radius 2 is 1.95 bits per heavy atom. The number of methoxy groups -OCH3 is 1. The summed E-state index contributed by atoms with van der Waals surface area (Å²) in [6.07, 6.45) is 6.15. The molecule has 2 amide bonds. The van der Waals surface area contributed by atoms with Gasteiger partial charge in [-0.1, -0.05) is 54.8 Å². The van der Waals surface area contributed by atoms with Crippen molar-refractivity contribution in [1.29, 1.82) is 0 Å². The first-order valence-corrected chi connectivity index (χ1v) is 15.2. The Bertz CT molecular complexity index is 1260. The van der Waals surface area contributed by atoms with Crippen LogP contribution in [0.25, 0.3) is 0 Å². The molecule has 2 fully saturated rings. The molecule has 1 saturated heterocycles. The lowest BCUT2D eigenvalue weighted by atomic mass is 9.73. The summed E-state index contributed by atoms with van der Waals surface area (Å²) >= 11 is 7.29. The number of carbonyl (C=O) groups excluding carboxylic acids is 2. The van der Waals surface area contributed by atoms with Gasteiger partial charge in [0.15, 0.2) is 11.5 Å². The predicted octanol–water partition coefficient (Wildman–Crippen LogP) is 5.95. The zero-order valence-electron chi connectivity index (χ0n) is 22.7. The smallest absolute Gasteiger partial charge is 0.310 e. The molecule has 3 aliphatic rings. The fourth-order valence-corrected chi connectivity index (χ4v) is 7.23. The first-order chi connectivity index (χ1) is 19.3. The maximum Gasteiger partial charge on any atom is 0.310 e. The Hall–Kier alpha value is -2.75. The van der Waals surface area contributed by atoms with Gasteiger partial charge in [-0.3, -0.25) is 24.2 Å². The van der Waals surface area contributed by atoms with Gasteiger partial charge in [0.05, 0.1) is 24.8 Å². The molecule has 2 aliphatic carbocycles. The summed E-state index contributed by atoms with van der Waals surface area (Å²) in [5, 5.41) is 10.8. The highest BCUT2D eigenvalue weighted by Gasteiger charge is 2.43. The lowest BCUT2D eigenvalue weighted by Crippen LogP contribution is -2.45. The Morgan fingerprint density at radius 3 is 2.65 bits per heavy atom. The van der Waals surface area contributed by atoms with E-state index in [2.05, 4.69) is 11.0 Å². The third-order valence-corrected chi connectivity index (χ3v) is 9.48. The monoisotopic (exact) mass is 586 g/mol. The summed E-state index contributed by atoms with van der Waals surface area (Å²) in [7, 11) is 1.58. The highest BCUT2D eigenvalue weighted by atomic mass is 35.5.